The molecule has 0 bridgehead atoms. The highest BCUT2D eigenvalue weighted by molar-refractivity contribution is 7.98. The molecule has 0 atom stereocenters. The number of anilines is 1. The molecule has 0 spiro atoms. The second kappa shape index (κ2) is 8.69. The maximum Gasteiger partial charge on any atom is 0.322 e. The van der Waals surface area contributed by atoms with E-state index in [-0.39, 0.29) is 11.9 Å². The number of aromatic nitrogens is 2. The van der Waals surface area contributed by atoms with Crippen LogP contribution in [0.15, 0.2) is 63.9 Å². The molecule has 0 aliphatic rings. The summed E-state index contributed by atoms with van der Waals surface area (Å²) in [4.78, 5) is 13.2. The van der Waals surface area contributed by atoms with Gasteiger partial charge < -0.3 is 4.42 Å². The summed E-state index contributed by atoms with van der Waals surface area (Å²) in [5.74, 6) is 0.0664. The van der Waals surface area contributed by atoms with Crippen molar-refractivity contribution in [2.75, 3.05) is 11.6 Å². The number of carbonyl (C=O) groups is 1. The number of thioether (sulfide) groups is 1. The molecule has 0 radical (unpaired) electrons. The minimum atomic E-state index is -0.371. The molecule has 0 unspecified atom stereocenters. The number of hydrogen-bond donors (Lipinski definition) is 1. The molecule has 26 heavy (non-hydrogen) atoms. The third-order valence-electron chi connectivity index (χ3n) is 3.53. The number of halogens is 1. The van der Waals surface area contributed by atoms with E-state index in [1.54, 1.807) is 23.9 Å². The lowest BCUT2D eigenvalue weighted by atomic mass is 10.1. The van der Waals surface area contributed by atoms with Crippen molar-refractivity contribution in [1.29, 1.82) is 0 Å². The summed E-state index contributed by atoms with van der Waals surface area (Å²) in [5.41, 5.74) is 1.81. The Morgan fingerprint density at radius 2 is 1.96 bits per heavy atom. The summed E-state index contributed by atoms with van der Waals surface area (Å²) in [5, 5.41) is 10.9. The molecule has 0 saturated carbocycles. The van der Waals surface area contributed by atoms with Crippen molar-refractivity contribution < 1.29 is 9.21 Å². The third kappa shape index (κ3) is 4.97. The normalized spacial score (nSPS) is 11.0. The Balaban J connectivity index is 1.59. The number of benzene rings is 2. The number of amides is 1. The van der Waals surface area contributed by atoms with Crippen LogP contribution in [0.4, 0.5) is 6.01 Å². The first-order valence-corrected chi connectivity index (χ1v) is 9.43. The van der Waals surface area contributed by atoms with Crippen LogP contribution in [-0.4, -0.2) is 22.4 Å². The Labute approximate surface area is 160 Å². The van der Waals surface area contributed by atoms with E-state index < -0.39 is 0 Å². The molecule has 1 amide bonds. The Kier molecular flexibility index (Phi) is 6.09. The quantitative estimate of drug-likeness (QED) is 0.492. The predicted molar refractivity (Wildman–Crippen MR) is 104 cm³/mol. The molecule has 2 aromatic carbocycles. The number of hydrogen-bond acceptors (Lipinski definition) is 5. The van der Waals surface area contributed by atoms with E-state index >= 15 is 0 Å². The van der Waals surface area contributed by atoms with Gasteiger partial charge >= 0.3 is 6.01 Å². The molecule has 3 aromatic rings. The molecule has 3 rings (SSSR count). The van der Waals surface area contributed by atoms with Crippen molar-refractivity contribution in [3.05, 3.63) is 76.6 Å². The van der Waals surface area contributed by atoms with E-state index in [4.69, 9.17) is 16.0 Å². The molecule has 132 valence electrons. The van der Waals surface area contributed by atoms with Gasteiger partial charge in [0, 0.05) is 16.0 Å². The van der Waals surface area contributed by atoms with Crippen LogP contribution in [-0.2, 0) is 11.2 Å². The summed E-state index contributed by atoms with van der Waals surface area (Å²) in [6, 6.07) is 15.4. The second-order valence-electron chi connectivity index (χ2n) is 5.37. The van der Waals surface area contributed by atoms with Crippen LogP contribution in [0.5, 0.6) is 0 Å². The summed E-state index contributed by atoms with van der Waals surface area (Å²) < 4.78 is 5.47. The monoisotopic (exact) mass is 385 g/mol. The van der Waals surface area contributed by atoms with Gasteiger partial charge in [0.25, 0.3) is 5.91 Å². The first-order chi connectivity index (χ1) is 12.6. The lowest BCUT2D eigenvalue weighted by Crippen LogP contribution is -2.07. The lowest BCUT2D eigenvalue weighted by Gasteiger charge is -1.99. The second-order valence-corrected chi connectivity index (χ2v) is 6.66. The fourth-order valence-corrected chi connectivity index (χ4v) is 2.82. The minimum absolute atomic E-state index is 0.0644. The SMILES string of the molecule is CSc1ccc(Cc2nnc(NC(=O)/C=C/c3ccccc3Cl)o2)cc1. The molecule has 0 saturated heterocycles. The van der Waals surface area contributed by atoms with E-state index in [1.807, 2.05) is 48.7 Å². The number of nitrogens with one attached hydrogen (secondary N) is 1. The van der Waals surface area contributed by atoms with E-state index in [1.165, 1.54) is 11.0 Å². The smallest absolute Gasteiger partial charge is 0.322 e. The molecule has 1 N–H and O–H groups in total. The van der Waals surface area contributed by atoms with Crippen molar-refractivity contribution in [3.63, 3.8) is 0 Å². The highest BCUT2D eigenvalue weighted by Crippen LogP contribution is 2.18. The van der Waals surface area contributed by atoms with Gasteiger partial charge in [-0.1, -0.05) is 47.0 Å². The van der Waals surface area contributed by atoms with Gasteiger partial charge in [0.1, 0.15) is 0 Å². The first-order valence-electron chi connectivity index (χ1n) is 7.83. The zero-order valence-electron chi connectivity index (χ0n) is 14.0. The minimum Gasteiger partial charge on any atom is -0.407 e. The van der Waals surface area contributed by atoms with Gasteiger partial charge in [0.2, 0.25) is 5.89 Å². The Hall–Kier alpha value is -2.57. The fourth-order valence-electron chi connectivity index (χ4n) is 2.22. The molecular formula is C19H16ClN3O2S. The van der Waals surface area contributed by atoms with Crippen LogP contribution in [0.2, 0.25) is 5.02 Å². The predicted octanol–water partition coefficient (Wildman–Crippen LogP) is 4.69. The van der Waals surface area contributed by atoms with Crippen molar-refractivity contribution in [2.24, 2.45) is 0 Å². The number of carbonyl (C=O) groups excluding carboxylic acids is 1. The van der Waals surface area contributed by atoms with Gasteiger partial charge in [-0.2, -0.15) is 0 Å². The zero-order chi connectivity index (χ0) is 18.4. The lowest BCUT2D eigenvalue weighted by molar-refractivity contribution is -0.112. The highest BCUT2D eigenvalue weighted by Gasteiger charge is 2.09. The molecule has 0 aliphatic carbocycles. The average molecular weight is 386 g/mol. The van der Waals surface area contributed by atoms with Gasteiger partial charge in [-0.25, -0.2) is 0 Å². The van der Waals surface area contributed by atoms with E-state index in [0.29, 0.717) is 17.3 Å². The zero-order valence-corrected chi connectivity index (χ0v) is 15.6. The van der Waals surface area contributed by atoms with Crippen LogP contribution in [0.3, 0.4) is 0 Å². The van der Waals surface area contributed by atoms with Crippen LogP contribution in [0, 0.1) is 0 Å². The highest BCUT2D eigenvalue weighted by atomic mass is 35.5. The van der Waals surface area contributed by atoms with Crippen LogP contribution in [0.25, 0.3) is 6.08 Å². The number of rotatable bonds is 6. The maximum atomic E-state index is 12.0. The molecule has 5 nitrogen and oxygen atoms in total. The molecule has 7 heteroatoms. The van der Waals surface area contributed by atoms with Crippen molar-refractivity contribution >= 4 is 41.4 Å². The largest absolute Gasteiger partial charge is 0.407 e. The molecule has 1 heterocycles. The molecular weight excluding hydrogens is 370 g/mol. The molecule has 0 aliphatic heterocycles. The van der Waals surface area contributed by atoms with E-state index in [2.05, 4.69) is 15.5 Å². The molecule has 1 aromatic heterocycles. The van der Waals surface area contributed by atoms with Crippen LogP contribution < -0.4 is 5.32 Å². The van der Waals surface area contributed by atoms with Crippen LogP contribution >= 0.6 is 23.4 Å². The van der Waals surface area contributed by atoms with Gasteiger partial charge in [-0.3, -0.25) is 10.1 Å². The standard InChI is InChI=1S/C19H16ClN3O2S/c1-26-15-9-6-13(7-10-15)12-18-22-23-19(25-18)21-17(24)11-8-14-4-2-3-5-16(14)20/h2-11H,12H2,1H3,(H,21,23,24)/b11-8+. The Morgan fingerprint density at radius 3 is 2.69 bits per heavy atom. The fraction of sp³-hybridized carbons (Fsp3) is 0.105. The van der Waals surface area contributed by atoms with Gasteiger partial charge in [-0.15, -0.1) is 16.9 Å². The third-order valence-corrected chi connectivity index (χ3v) is 4.62. The van der Waals surface area contributed by atoms with Gasteiger partial charge in [0.05, 0.1) is 6.42 Å². The van der Waals surface area contributed by atoms with Gasteiger partial charge in [-0.05, 0) is 41.7 Å². The van der Waals surface area contributed by atoms with Crippen molar-refractivity contribution in [1.82, 2.24) is 10.2 Å². The van der Waals surface area contributed by atoms with Crippen molar-refractivity contribution in [2.45, 2.75) is 11.3 Å². The summed E-state index contributed by atoms with van der Waals surface area (Å²) in [6.07, 6.45) is 5.53. The average Bonchev–Trinajstić information content (AvgIpc) is 3.08. The van der Waals surface area contributed by atoms with Gasteiger partial charge in [0.15, 0.2) is 0 Å². The van der Waals surface area contributed by atoms with E-state index in [0.717, 1.165) is 11.1 Å². The molecule has 0 fully saturated rings. The Morgan fingerprint density at radius 1 is 1.19 bits per heavy atom. The topological polar surface area (TPSA) is 68.0 Å². The summed E-state index contributed by atoms with van der Waals surface area (Å²) >= 11 is 7.73. The maximum absolute atomic E-state index is 12.0. The van der Waals surface area contributed by atoms with Crippen molar-refractivity contribution in [3.8, 4) is 0 Å². The summed E-state index contributed by atoms with van der Waals surface area (Å²) in [7, 11) is 0. The first kappa shape index (κ1) is 18.2. The van der Waals surface area contributed by atoms with E-state index in [9.17, 15) is 4.79 Å². The summed E-state index contributed by atoms with van der Waals surface area (Å²) in [6.45, 7) is 0. The van der Waals surface area contributed by atoms with Crippen LogP contribution in [0.1, 0.15) is 17.0 Å². The Bertz CT molecular complexity index is 923. The number of nitrogens with zero attached hydrogens (tertiary/aromatic N) is 2.